The van der Waals surface area contributed by atoms with Gasteiger partial charge in [0.1, 0.15) is 17.2 Å². The lowest BCUT2D eigenvalue weighted by Crippen LogP contribution is -2.40. The Bertz CT molecular complexity index is 487. The van der Waals surface area contributed by atoms with Gasteiger partial charge in [-0.15, -0.1) is 0 Å². The van der Waals surface area contributed by atoms with Crippen molar-refractivity contribution in [1.29, 1.82) is 0 Å². The first-order valence-corrected chi connectivity index (χ1v) is 6.24. The van der Waals surface area contributed by atoms with Gasteiger partial charge in [0, 0.05) is 13.6 Å². The zero-order chi connectivity index (χ0) is 14.0. The van der Waals surface area contributed by atoms with Gasteiger partial charge in [-0.1, -0.05) is 12.8 Å². The average molecular weight is 268 g/mol. The molecule has 1 heterocycles. The molecule has 0 unspecified atom stereocenters. The van der Waals surface area contributed by atoms with Crippen LogP contribution in [-0.4, -0.2) is 40.4 Å². The second-order valence-corrected chi connectivity index (χ2v) is 5.12. The molecule has 0 amide bonds. The van der Waals surface area contributed by atoms with E-state index in [1.807, 2.05) is 0 Å². The molecule has 0 bridgehead atoms. The van der Waals surface area contributed by atoms with Gasteiger partial charge in [-0.05, 0) is 18.9 Å². The van der Waals surface area contributed by atoms with Crippen LogP contribution >= 0.6 is 0 Å². The van der Waals surface area contributed by atoms with E-state index in [-0.39, 0.29) is 11.4 Å². The van der Waals surface area contributed by atoms with Gasteiger partial charge in [-0.25, -0.2) is 14.2 Å². The van der Waals surface area contributed by atoms with Crippen LogP contribution in [0.25, 0.3) is 0 Å². The molecule has 0 spiro atoms. The zero-order valence-electron chi connectivity index (χ0n) is 10.8. The summed E-state index contributed by atoms with van der Waals surface area (Å²) < 4.78 is 13.1. The van der Waals surface area contributed by atoms with Gasteiger partial charge in [0.15, 0.2) is 0 Å². The molecule has 0 saturated heterocycles. The minimum absolute atomic E-state index is 0.175. The van der Waals surface area contributed by atoms with Crippen molar-refractivity contribution >= 4 is 11.8 Å². The quantitative estimate of drug-likeness (QED) is 0.868. The van der Waals surface area contributed by atoms with Crippen molar-refractivity contribution in [1.82, 2.24) is 4.98 Å². The molecule has 1 fully saturated rings. The van der Waals surface area contributed by atoms with Gasteiger partial charge in [0.25, 0.3) is 0 Å². The van der Waals surface area contributed by atoms with Crippen molar-refractivity contribution in [3.05, 3.63) is 23.6 Å². The number of rotatable bonds is 4. The maximum atomic E-state index is 13.1. The topological polar surface area (TPSA) is 73.7 Å². The molecule has 0 atom stereocenters. The van der Waals surface area contributed by atoms with Crippen LogP contribution in [0.4, 0.5) is 10.2 Å². The van der Waals surface area contributed by atoms with Gasteiger partial charge in [0.05, 0.1) is 11.8 Å². The number of hydrogen-bond acceptors (Lipinski definition) is 4. The number of carbonyl (C=O) groups is 1. The van der Waals surface area contributed by atoms with Crippen molar-refractivity contribution in [3.63, 3.8) is 0 Å². The first kappa shape index (κ1) is 13.7. The lowest BCUT2D eigenvalue weighted by Gasteiger charge is -2.29. The number of halogens is 1. The highest BCUT2D eigenvalue weighted by molar-refractivity contribution is 5.93. The van der Waals surface area contributed by atoms with Crippen molar-refractivity contribution < 1.29 is 19.4 Å². The predicted octanol–water partition coefficient (Wildman–Crippen LogP) is 1.66. The average Bonchev–Trinajstić information content (AvgIpc) is 2.75. The number of aromatic nitrogens is 1. The Morgan fingerprint density at radius 1 is 1.53 bits per heavy atom. The molecule has 1 aromatic rings. The summed E-state index contributed by atoms with van der Waals surface area (Å²) in [7, 11) is 1.66. The normalized spacial score (nSPS) is 17.4. The molecular formula is C13H17FN2O3. The predicted molar refractivity (Wildman–Crippen MR) is 67.8 cm³/mol. The monoisotopic (exact) mass is 268 g/mol. The molecule has 6 heteroatoms. The Morgan fingerprint density at radius 2 is 2.16 bits per heavy atom. The Kier molecular flexibility index (Phi) is 3.71. The molecule has 0 radical (unpaired) electrons. The summed E-state index contributed by atoms with van der Waals surface area (Å²) in [6, 6.07) is 0.944. The summed E-state index contributed by atoms with van der Waals surface area (Å²) in [5.74, 6) is -1.74. The third-order valence-electron chi connectivity index (χ3n) is 3.49. The van der Waals surface area contributed by atoms with Gasteiger partial charge < -0.3 is 15.1 Å². The van der Waals surface area contributed by atoms with Crippen LogP contribution < -0.4 is 4.90 Å². The van der Waals surface area contributed by atoms with Gasteiger partial charge in [-0.2, -0.15) is 0 Å². The number of carboxylic acids is 1. The summed E-state index contributed by atoms with van der Waals surface area (Å²) in [4.78, 5) is 16.5. The molecule has 104 valence electrons. The number of pyridine rings is 1. The second-order valence-electron chi connectivity index (χ2n) is 5.12. The molecule has 1 aliphatic rings. The van der Waals surface area contributed by atoms with Gasteiger partial charge in [0.2, 0.25) is 0 Å². The fraction of sp³-hybridized carbons (Fsp3) is 0.538. The molecule has 1 saturated carbocycles. The van der Waals surface area contributed by atoms with E-state index in [2.05, 4.69) is 4.98 Å². The van der Waals surface area contributed by atoms with Gasteiger partial charge in [-0.3, -0.25) is 0 Å². The highest BCUT2D eigenvalue weighted by Crippen LogP contribution is 2.31. The number of aliphatic hydroxyl groups is 1. The fourth-order valence-electron chi connectivity index (χ4n) is 2.60. The van der Waals surface area contributed by atoms with Crippen molar-refractivity contribution in [3.8, 4) is 0 Å². The summed E-state index contributed by atoms with van der Waals surface area (Å²) in [5, 5.41) is 19.4. The standard InChI is InChI=1S/C13H17FN2O3/c1-16(8-13(19)4-2-3-5-13)11-10(12(17)18)6-9(14)7-15-11/h6-7,19H,2-5,8H2,1H3,(H,17,18). The Balaban J connectivity index is 2.23. The zero-order valence-corrected chi connectivity index (χ0v) is 10.8. The van der Waals surface area contributed by atoms with E-state index in [9.17, 15) is 14.3 Å². The number of carboxylic acid groups (broad SMARTS) is 1. The summed E-state index contributed by atoms with van der Waals surface area (Å²) in [6.45, 7) is 0.298. The molecule has 2 N–H and O–H groups in total. The number of nitrogens with zero attached hydrogens (tertiary/aromatic N) is 2. The summed E-state index contributed by atoms with van der Waals surface area (Å²) >= 11 is 0. The lowest BCUT2D eigenvalue weighted by atomic mass is 10.0. The van der Waals surface area contributed by atoms with E-state index >= 15 is 0 Å². The Hall–Kier alpha value is -1.69. The highest BCUT2D eigenvalue weighted by Gasteiger charge is 2.33. The fourth-order valence-corrected chi connectivity index (χ4v) is 2.60. The van der Waals surface area contributed by atoms with Crippen molar-refractivity contribution in [2.24, 2.45) is 0 Å². The van der Waals surface area contributed by atoms with Crippen molar-refractivity contribution in [2.75, 3.05) is 18.5 Å². The van der Waals surface area contributed by atoms with Crippen LogP contribution in [0, 0.1) is 5.82 Å². The van der Waals surface area contributed by atoms with E-state index in [0.29, 0.717) is 19.4 Å². The van der Waals surface area contributed by atoms with E-state index in [1.54, 1.807) is 11.9 Å². The molecular weight excluding hydrogens is 251 g/mol. The minimum Gasteiger partial charge on any atom is -0.478 e. The van der Waals surface area contributed by atoms with Crippen LogP contribution in [0.15, 0.2) is 12.3 Å². The lowest BCUT2D eigenvalue weighted by molar-refractivity contribution is 0.0553. The SMILES string of the molecule is CN(CC1(O)CCCC1)c1ncc(F)cc1C(=O)O. The number of hydrogen-bond donors (Lipinski definition) is 2. The largest absolute Gasteiger partial charge is 0.478 e. The van der Waals surface area contributed by atoms with E-state index in [1.165, 1.54) is 0 Å². The Morgan fingerprint density at radius 3 is 2.74 bits per heavy atom. The third kappa shape index (κ3) is 3.01. The molecule has 19 heavy (non-hydrogen) atoms. The van der Waals surface area contributed by atoms with Gasteiger partial charge >= 0.3 is 5.97 Å². The highest BCUT2D eigenvalue weighted by atomic mass is 19.1. The molecule has 0 aliphatic heterocycles. The summed E-state index contributed by atoms with van der Waals surface area (Å²) in [6.07, 6.45) is 4.30. The van der Waals surface area contributed by atoms with Crippen LogP contribution in [0.5, 0.6) is 0 Å². The number of anilines is 1. The smallest absolute Gasteiger partial charge is 0.339 e. The van der Waals surface area contributed by atoms with Crippen LogP contribution in [0.1, 0.15) is 36.0 Å². The maximum Gasteiger partial charge on any atom is 0.339 e. The van der Waals surface area contributed by atoms with E-state index < -0.39 is 17.4 Å². The first-order valence-electron chi connectivity index (χ1n) is 6.24. The summed E-state index contributed by atoms with van der Waals surface area (Å²) in [5.41, 5.74) is -0.996. The minimum atomic E-state index is -1.23. The first-order chi connectivity index (χ1) is 8.91. The maximum absolute atomic E-state index is 13.1. The number of aromatic carboxylic acids is 1. The van der Waals surface area contributed by atoms with Crippen LogP contribution in [-0.2, 0) is 0 Å². The van der Waals surface area contributed by atoms with E-state index in [0.717, 1.165) is 25.1 Å². The van der Waals surface area contributed by atoms with E-state index in [4.69, 9.17) is 5.11 Å². The third-order valence-corrected chi connectivity index (χ3v) is 3.49. The van der Waals surface area contributed by atoms with Crippen LogP contribution in [0.2, 0.25) is 0 Å². The molecule has 1 aliphatic carbocycles. The van der Waals surface area contributed by atoms with Crippen molar-refractivity contribution in [2.45, 2.75) is 31.3 Å². The van der Waals surface area contributed by atoms with Crippen LogP contribution in [0.3, 0.4) is 0 Å². The second kappa shape index (κ2) is 5.13. The number of likely N-dealkylation sites (N-methyl/N-ethyl adjacent to an activating group) is 1. The molecule has 5 nitrogen and oxygen atoms in total. The molecule has 1 aromatic heterocycles. The Labute approximate surface area is 110 Å². The molecule has 2 rings (SSSR count). The molecule has 0 aromatic carbocycles.